The zero-order chi connectivity index (χ0) is 19.4. The van der Waals surface area contributed by atoms with Crippen molar-refractivity contribution >= 4 is 17.3 Å². The van der Waals surface area contributed by atoms with E-state index in [0.717, 1.165) is 17.7 Å². The summed E-state index contributed by atoms with van der Waals surface area (Å²) in [5.74, 6) is -4.03. The van der Waals surface area contributed by atoms with E-state index in [2.05, 4.69) is 10.6 Å². The quantitative estimate of drug-likeness (QED) is 0.760. The van der Waals surface area contributed by atoms with Crippen LogP contribution in [0.25, 0.3) is 0 Å². The molecule has 0 heterocycles. The Hall–Kier alpha value is -2.90. The molecule has 0 aliphatic heterocycles. The fourth-order valence-electron chi connectivity index (χ4n) is 2.30. The van der Waals surface area contributed by atoms with Crippen LogP contribution in [0, 0.1) is 24.4 Å². The molecule has 2 rings (SSSR count). The fourth-order valence-corrected chi connectivity index (χ4v) is 2.30. The average Bonchev–Trinajstić information content (AvgIpc) is 2.63. The second kappa shape index (κ2) is 7.99. The van der Waals surface area contributed by atoms with Crippen LogP contribution in [0.5, 0.6) is 11.5 Å². The molecular formula is C18H19F3N2O3. The van der Waals surface area contributed by atoms with Gasteiger partial charge in [-0.3, -0.25) is 4.79 Å². The van der Waals surface area contributed by atoms with E-state index in [-0.39, 0.29) is 0 Å². The molecule has 0 saturated heterocycles. The standard InChI is InChI=1S/C18H19F3N2O3/c1-9-7-14(25-3)15(26-4)8-13(9)22-10(2)18(24)23-12-6-5-11(19)16(20)17(12)21/h5-8,10,22H,1-4H3,(H,23,24). The van der Waals surface area contributed by atoms with Crippen molar-refractivity contribution in [2.24, 2.45) is 0 Å². The number of rotatable bonds is 6. The second-order valence-electron chi connectivity index (χ2n) is 5.60. The van der Waals surface area contributed by atoms with Crippen molar-refractivity contribution < 1.29 is 27.4 Å². The molecule has 0 aliphatic carbocycles. The van der Waals surface area contributed by atoms with Crippen LogP contribution in [0.3, 0.4) is 0 Å². The number of anilines is 2. The minimum absolute atomic E-state index is 0.438. The molecular weight excluding hydrogens is 349 g/mol. The molecule has 5 nitrogen and oxygen atoms in total. The Morgan fingerprint density at radius 3 is 2.23 bits per heavy atom. The molecule has 26 heavy (non-hydrogen) atoms. The molecule has 140 valence electrons. The molecule has 1 unspecified atom stereocenters. The zero-order valence-electron chi connectivity index (χ0n) is 14.7. The third kappa shape index (κ3) is 4.01. The van der Waals surface area contributed by atoms with Gasteiger partial charge in [0.1, 0.15) is 6.04 Å². The number of aryl methyl sites for hydroxylation is 1. The summed E-state index contributed by atoms with van der Waals surface area (Å²) in [5.41, 5.74) is 0.962. The lowest BCUT2D eigenvalue weighted by atomic mass is 10.1. The van der Waals surface area contributed by atoms with E-state index in [1.54, 1.807) is 19.1 Å². The van der Waals surface area contributed by atoms with Crippen molar-refractivity contribution in [3.63, 3.8) is 0 Å². The van der Waals surface area contributed by atoms with Gasteiger partial charge < -0.3 is 20.1 Å². The first-order valence-electron chi connectivity index (χ1n) is 7.72. The van der Waals surface area contributed by atoms with E-state index < -0.39 is 35.1 Å². The van der Waals surface area contributed by atoms with Gasteiger partial charge in [-0.1, -0.05) is 0 Å². The maximum atomic E-state index is 13.7. The highest BCUT2D eigenvalue weighted by Gasteiger charge is 2.19. The van der Waals surface area contributed by atoms with Crippen molar-refractivity contribution in [3.8, 4) is 11.5 Å². The van der Waals surface area contributed by atoms with Gasteiger partial charge in [-0.25, -0.2) is 13.2 Å². The molecule has 2 aromatic carbocycles. The van der Waals surface area contributed by atoms with Gasteiger partial charge in [0.2, 0.25) is 5.91 Å². The largest absolute Gasteiger partial charge is 0.493 e. The van der Waals surface area contributed by atoms with Crippen LogP contribution in [-0.4, -0.2) is 26.2 Å². The van der Waals surface area contributed by atoms with E-state index in [1.807, 2.05) is 6.92 Å². The summed E-state index contributed by atoms with van der Waals surface area (Å²) in [5, 5.41) is 5.19. The normalized spacial score (nSPS) is 11.7. The predicted molar refractivity (Wildman–Crippen MR) is 92.3 cm³/mol. The van der Waals surface area contributed by atoms with Gasteiger partial charge in [0.15, 0.2) is 29.0 Å². The van der Waals surface area contributed by atoms with Crippen LogP contribution in [-0.2, 0) is 4.79 Å². The van der Waals surface area contributed by atoms with Gasteiger partial charge in [0.25, 0.3) is 0 Å². The smallest absolute Gasteiger partial charge is 0.246 e. The highest BCUT2D eigenvalue weighted by atomic mass is 19.2. The van der Waals surface area contributed by atoms with Crippen molar-refractivity contribution in [2.45, 2.75) is 19.9 Å². The molecule has 0 spiro atoms. The number of methoxy groups -OCH3 is 2. The summed E-state index contributed by atoms with van der Waals surface area (Å²) in [4.78, 5) is 12.2. The number of amides is 1. The molecule has 0 bridgehead atoms. The summed E-state index contributed by atoms with van der Waals surface area (Å²) in [6.45, 7) is 3.35. The first-order valence-corrected chi connectivity index (χ1v) is 7.72. The van der Waals surface area contributed by atoms with Gasteiger partial charge in [0.05, 0.1) is 19.9 Å². The van der Waals surface area contributed by atoms with Crippen LogP contribution >= 0.6 is 0 Å². The van der Waals surface area contributed by atoms with Crippen molar-refractivity contribution in [1.29, 1.82) is 0 Å². The molecule has 2 aromatic rings. The van der Waals surface area contributed by atoms with Crippen molar-refractivity contribution in [3.05, 3.63) is 47.3 Å². The van der Waals surface area contributed by atoms with Crippen molar-refractivity contribution in [1.82, 2.24) is 0 Å². The van der Waals surface area contributed by atoms with Crippen LogP contribution in [0.15, 0.2) is 24.3 Å². The number of carbonyl (C=O) groups is 1. The Labute approximate surface area is 149 Å². The molecule has 0 saturated carbocycles. The van der Waals surface area contributed by atoms with Crippen molar-refractivity contribution in [2.75, 3.05) is 24.9 Å². The molecule has 1 atom stereocenters. The SMILES string of the molecule is COc1cc(C)c(NC(C)C(=O)Nc2ccc(F)c(F)c2F)cc1OC. The Bertz CT molecular complexity index is 828. The summed E-state index contributed by atoms with van der Waals surface area (Å²) >= 11 is 0. The molecule has 0 aromatic heterocycles. The second-order valence-corrected chi connectivity index (χ2v) is 5.60. The Balaban J connectivity index is 2.16. The Morgan fingerprint density at radius 2 is 1.62 bits per heavy atom. The Morgan fingerprint density at radius 1 is 1.00 bits per heavy atom. The summed E-state index contributed by atoms with van der Waals surface area (Å²) in [7, 11) is 3.00. The van der Waals surface area contributed by atoms with Crippen LogP contribution in [0.1, 0.15) is 12.5 Å². The third-order valence-corrected chi connectivity index (χ3v) is 3.79. The first kappa shape index (κ1) is 19.4. The van der Waals surface area contributed by atoms with E-state index in [9.17, 15) is 18.0 Å². The molecule has 0 radical (unpaired) electrons. The molecule has 0 fully saturated rings. The lowest BCUT2D eigenvalue weighted by molar-refractivity contribution is -0.116. The lowest BCUT2D eigenvalue weighted by Gasteiger charge is -2.19. The molecule has 1 amide bonds. The number of nitrogens with one attached hydrogen (secondary N) is 2. The third-order valence-electron chi connectivity index (χ3n) is 3.79. The number of halogens is 3. The Kier molecular flexibility index (Phi) is 5.97. The van der Waals surface area contributed by atoms with E-state index >= 15 is 0 Å². The number of ether oxygens (including phenoxy) is 2. The van der Waals surface area contributed by atoms with Gasteiger partial charge in [-0.15, -0.1) is 0 Å². The van der Waals surface area contributed by atoms with Gasteiger partial charge in [-0.05, 0) is 37.6 Å². The summed E-state index contributed by atoms with van der Waals surface area (Å²) in [6.07, 6.45) is 0. The molecule has 8 heteroatoms. The lowest BCUT2D eigenvalue weighted by Crippen LogP contribution is -2.32. The minimum Gasteiger partial charge on any atom is -0.493 e. The van der Waals surface area contributed by atoms with E-state index in [4.69, 9.17) is 9.47 Å². The zero-order valence-corrected chi connectivity index (χ0v) is 14.7. The maximum Gasteiger partial charge on any atom is 0.246 e. The summed E-state index contributed by atoms with van der Waals surface area (Å²) in [6, 6.07) is 4.31. The highest BCUT2D eigenvalue weighted by molar-refractivity contribution is 5.96. The van der Waals surface area contributed by atoms with Gasteiger partial charge >= 0.3 is 0 Å². The highest BCUT2D eigenvalue weighted by Crippen LogP contribution is 2.33. The van der Waals surface area contributed by atoms with E-state index in [0.29, 0.717) is 17.2 Å². The van der Waals surface area contributed by atoms with Gasteiger partial charge in [-0.2, -0.15) is 0 Å². The molecule has 2 N–H and O–H groups in total. The predicted octanol–water partition coefficient (Wildman–Crippen LogP) is 3.87. The number of carbonyl (C=O) groups excluding carboxylic acids is 1. The van der Waals surface area contributed by atoms with Crippen LogP contribution < -0.4 is 20.1 Å². The molecule has 0 aliphatic rings. The average molecular weight is 368 g/mol. The minimum atomic E-state index is -1.64. The number of benzene rings is 2. The monoisotopic (exact) mass is 368 g/mol. The van der Waals surface area contributed by atoms with Crippen LogP contribution in [0.2, 0.25) is 0 Å². The van der Waals surface area contributed by atoms with Crippen LogP contribution in [0.4, 0.5) is 24.5 Å². The fraction of sp³-hybridized carbons (Fsp3) is 0.278. The topological polar surface area (TPSA) is 59.6 Å². The number of hydrogen-bond acceptors (Lipinski definition) is 4. The summed E-state index contributed by atoms with van der Waals surface area (Å²) < 4.78 is 50.3. The number of hydrogen-bond donors (Lipinski definition) is 2. The van der Waals surface area contributed by atoms with Gasteiger partial charge in [0, 0.05) is 11.8 Å². The maximum absolute atomic E-state index is 13.7. The first-order chi connectivity index (χ1) is 12.3. The van der Waals surface area contributed by atoms with E-state index in [1.165, 1.54) is 14.2 Å².